The lowest BCUT2D eigenvalue weighted by molar-refractivity contribution is -0.113. The summed E-state index contributed by atoms with van der Waals surface area (Å²) in [4.78, 5) is 31.0. The molecule has 0 spiro atoms. The number of thioether (sulfide) groups is 1. The minimum atomic E-state index is -0.363. The number of anilines is 1. The minimum Gasteiger partial charge on any atom is -0.497 e. The molecule has 1 N–H and O–H groups in total. The van der Waals surface area contributed by atoms with Gasteiger partial charge in [0.1, 0.15) is 22.6 Å². The number of rotatable bonds is 7. The van der Waals surface area contributed by atoms with Crippen molar-refractivity contribution in [1.82, 2.24) is 9.55 Å². The molecule has 0 bridgehead atoms. The topological polar surface area (TPSA) is 95.6 Å². The molecule has 5 aromatic rings. The van der Waals surface area contributed by atoms with Crippen molar-refractivity contribution >= 4 is 45.4 Å². The number of methoxy groups -OCH3 is 2. The van der Waals surface area contributed by atoms with Crippen LogP contribution >= 0.6 is 11.8 Å². The number of fused-ring (bicyclic) bond motifs is 3. The Hall–Kier alpha value is -4.24. The summed E-state index contributed by atoms with van der Waals surface area (Å²) in [6, 6.07) is 21.5. The number of carbonyl (C=O) groups excluding carboxylic acids is 1. The number of hydrogen-bond donors (Lipinski definition) is 1. The second-order valence-electron chi connectivity index (χ2n) is 7.58. The van der Waals surface area contributed by atoms with Gasteiger partial charge < -0.3 is 19.2 Å². The van der Waals surface area contributed by atoms with Gasteiger partial charge >= 0.3 is 5.56 Å². The van der Waals surface area contributed by atoms with Gasteiger partial charge in [-0.15, -0.1) is 0 Å². The Balaban J connectivity index is 1.53. The summed E-state index contributed by atoms with van der Waals surface area (Å²) in [5.74, 6) is 1.10. The summed E-state index contributed by atoms with van der Waals surface area (Å²) in [6.07, 6.45) is 0. The number of nitrogens with one attached hydrogen (secondary N) is 1. The van der Waals surface area contributed by atoms with E-state index < -0.39 is 0 Å². The number of furan rings is 1. The van der Waals surface area contributed by atoms with Crippen LogP contribution in [0.25, 0.3) is 27.8 Å². The van der Waals surface area contributed by atoms with Gasteiger partial charge in [-0.3, -0.25) is 14.2 Å². The number of para-hydroxylation sites is 1. The van der Waals surface area contributed by atoms with E-state index in [-0.39, 0.29) is 22.8 Å². The van der Waals surface area contributed by atoms with Gasteiger partial charge in [0.15, 0.2) is 5.16 Å². The Morgan fingerprint density at radius 1 is 1.00 bits per heavy atom. The van der Waals surface area contributed by atoms with E-state index in [1.807, 2.05) is 18.2 Å². The Labute approximate surface area is 204 Å². The predicted octanol–water partition coefficient (Wildman–Crippen LogP) is 4.88. The summed E-state index contributed by atoms with van der Waals surface area (Å²) >= 11 is 1.16. The van der Waals surface area contributed by atoms with E-state index in [1.54, 1.807) is 68.8 Å². The maximum Gasteiger partial charge on any atom is 0.302 e. The fraction of sp³-hybridized carbons (Fsp3) is 0.115. The molecule has 0 saturated carbocycles. The maximum atomic E-state index is 13.6. The van der Waals surface area contributed by atoms with Gasteiger partial charge in [0.05, 0.1) is 25.7 Å². The molecule has 1 amide bonds. The first-order chi connectivity index (χ1) is 17.1. The summed E-state index contributed by atoms with van der Waals surface area (Å²) in [5.41, 5.74) is 2.03. The van der Waals surface area contributed by atoms with Gasteiger partial charge in [0.2, 0.25) is 11.5 Å². The zero-order chi connectivity index (χ0) is 24.4. The summed E-state index contributed by atoms with van der Waals surface area (Å²) in [7, 11) is 3.14. The van der Waals surface area contributed by atoms with Gasteiger partial charge in [-0.25, -0.2) is 4.98 Å². The standard InChI is InChI=1S/C26H21N3O5S/c1-32-18-12-10-16(11-13-18)27-22(30)15-35-26-28-23-20-8-3-4-9-21(20)34-24(23)25(31)29(26)17-6-5-7-19(14-17)33-2/h3-14H,15H2,1-2H3,(H,27,30). The molecule has 0 radical (unpaired) electrons. The third-order valence-corrected chi connectivity index (χ3v) is 6.32. The fourth-order valence-corrected chi connectivity index (χ4v) is 4.50. The number of amides is 1. The highest BCUT2D eigenvalue weighted by molar-refractivity contribution is 7.99. The zero-order valence-corrected chi connectivity index (χ0v) is 19.8. The maximum absolute atomic E-state index is 13.6. The van der Waals surface area contributed by atoms with Gasteiger partial charge in [-0.1, -0.05) is 30.0 Å². The molecule has 0 fully saturated rings. The van der Waals surface area contributed by atoms with E-state index in [0.29, 0.717) is 39.1 Å². The number of ether oxygens (including phenoxy) is 2. The lowest BCUT2D eigenvalue weighted by Gasteiger charge is -2.13. The average molecular weight is 488 g/mol. The largest absolute Gasteiger partial charge is 0.497 e. The van der Waals surface area contributed by atoms with Crippen LogP contribution in [0.5, 0.6) is 11.5 Å². The average Bonchev–Trinajstić information content (AvgIpc) is 3.27. The van der Waals surface area contributed by atoms with E-state index >= 15 is 0 Å². The van der Waals surface area contributed by atoms with E-state index in [1.165, 1.54) is 4.57 Å². The number of nitrogens with zero attached hydrogens (tertiary/aromatic N) is 2. The van der Waals surface area contributed by atoms with Gasteiger partial charge in [-0.2, -0.15) is 0 Å². The van der Waals surface area contributed by atoms with E-state index in [9.17, 15) is 9.59 Å². The molecule has 0 aliphatic heterocycles. The Kier molecular flexibility index (Phi) is 6.15. The van der Waals surface area contributed by atoms with Crippen LogP contribution in [0.1, 0.15) is 0 Å². The van der Waals surface area contributed by atoms with Crippen LogP contribution in [0, 0.1) is 0 Å². The predicted molar refractivity (Wildman–Crippen MR) is 136 cm³/mol. The Morgan fingerprint density at radius 2 is 1.77 bits per heavy atom. The lowest BCUT2D eigenvalue weighted by atomic mass is 10.2. The monoisotopic (exact) mass is 487 g/mol. The van der Waals surface area contributed by atoms with Crippen molar-refractivity contribution < 1.29 is 18.7 Å². The number of benzene rings is 3. The SMILES string of the molecule is COc1ccc(NC(=O)CSc2nc3c(oc4ccccc43)c(=O)n2-c2cccc(OC)c2)cc1. The lowest BCUT2D eigenvalue weighted by Crippen LogP contribution is -2.22. The number of carbonyl (C=O) groups is 1. The highest BCUT2D eigenvalue weighted by Gasteiger charge is 2.20. The molecule has 0 saturated heterocycles. The highest BCUT2D eigenvalue weighted by atomic mass is 32.2. The van der Waals surface area contributed by atoms with Crippen LogP contribution in [0.15, 0.2) is 87.2 Å². The van der Waals surface area contributed by atoms with Crippen molar-refractivity contribution in [3.05, 3.63) is 83.2 Å². The van der Waals surface area contributed by atoms with Crippen molar-refractivity contribution in [2.75, 3.05) is 25.3 Å². The molecule has 0 aliphatic rings. The number of aromatic nitrogens is 2. The van der Waals surface area contributed by atoms with Crippen molar-refractivity contribution in [3.8, 4) is 17.2 Å². The fourth-order valence-electron chi connectivity index (χ4n) is 3.70. The Morgan fingerprint density at radius 3 is 2.54 bits per heavy atom. The van der Waals surface area contributed by atoms with Crippen molar-refractivity contribution in [2.45, 2.75) is 5.16 Å². The van der Waals surface area contributed by atoms with Crippen LogP contribution < -0.4 is 20.3 Å². The van der Waals surface area contributed by atoms with Crippen LogP contribution in [-0.2, 0) is 4.79 Å². The summed E-state index contributed by atoms with van der Waals surface area (Å²) in [6.45, 7) is 0. The molecule has 2 aromatic heterocycles. The van der Waals surface area contributed by atoms with Crippen molar-refractivity contribution in [3.63, 3.8) is 0 Å². The van der Waals surface area contributed by atoms with E-state index in [4.69, 9.17) is 18.9 Å². The zero-order valence-electron chi connectivity index (χ0n) is 19.0. The van der Waals surface area contributed by atoms with Crippen molar-refractivity contribution in [1.29, 1.82) is 0 Å². The molecule has 2 heterocycles. The molecule has 176 valence electrons. The summed E-state index contributed by atoms with van der Waals surface area (Å²) < 4.78 is 17.8. The van der Waals surface area contributed by atoms with Crippen molar-refractivity contribution in [2.24, 2.45) is 0 Å². The molecule has 0 unspecified atom stereocenters. The van der Waals surface area contributed by atoms with E-state index in [2.05, 4.69) is 5.32 Å². The second kappa shape index (κ2) is 9.55. The highest BCUT2D eigenvalue weighted by Crippen LogP contribution is 2.29. The molecular weight excluding hydrogens is 466 g/mol. The third kappa shape index (κ3) is 4.45. The van der Waals surface area contributed by atoms with Crippen LogP contribution in [-0.4, -0.2) is 35.4 Å². The van der Waals surface area contributed by atoms with Gasteiger partial charge in [-0.05, 0) is 48.5 Å². The first kappa shape index (κ1) is 22.5. The van der Waals surface area contributed by atoms with E-state index in [0.717, 1.165) is 17.1 Å². The third-order valence-electron chi connectivity index (χ3n) is 5.38. The minimum absolute atomic E-state index is 0.0454. The normalized spacial score (nSPS) is 11.0. The quantitative estimate of drug-likeness (QED) is 0.258. The molecule has 9 heteroatoms. The van der Waals surface area contributed by atoms with Crippen LogP contribution in [0.3, 0.4) is 0 Å². The molecule has 8 nitrogen and oxygen atoms in total. The van der Waals surface area contributed by atoms with Crippen LogP contribution in [0.2, 0.25) is 0 Å². The number of hydrogen-bond acceptors (Lipinski definition) is 7. The molecule has 3 aromatic carbocycles. The molecule has 5 rings (SSSR count). The van der Waals surface area contributed by atoms with Gasteiger partial charge in [0.25, 0.3) is 0 Å². The smallest absolute Gasteiger partial charge is 0.302 e. The van der Waals surface area contributed by atoms with Gasteiger partial charge in [0, 0.05) is 17.1 Å². The summed E-state index contributed by atoms with van der Waals surface area (Å²) in [5, 5.41) is 3.95. The first-order valence-corrected chi connectivity index (χ1v) is 11.7. The van der Waals surface area contributed by atoms with Crippen LogP contribution in [0.4, 0.5) is 5.69 Å². The molecule has 0 aliphatic carbocycles. The molecular formula is C26H21N3O5S. The molecule has 35 heavy (non-hydrogen) atoms. The Bertz CT molecular complexity index is 1590. The second-order valence-corrected chi connectivity index (χ2v) is 8.52. The molecule has 0 atom stereocenters. The first-order valence-electron chi connectivity index (χ1n) is 10.7.